The molecular formula is C15H14Cl2N4O3. The molecule has 0 spiro atoms. The maximum Gasteiger partial charge on any atom is 0.374 e. The third-order valence-electron chi connectivity index (χ3n) is 3.22. The van der Waals surface area contributed by atoms with Crippen LogP contribution in [0.2, 0.25) is 10.0 Å². The first-order valence-electron chi connectivity index (χ1n) is 6.85. The van der Waals surface area contributed by atoms with Gasteiger partial charge in [-0.3, -0.25) is 4.79 Å². The highest BCUT2D eigenvalue weighted by Gasteiger charge is 2.17. The van der Waals surface area contributed by atoms with Crippen LogP contribution in [0.15, 0.2) is 18.2 Å². The minimum atomic E-state index is -1.27. The summed E-state index contributed by atoms with van der Waals surface area (Å²) in [6.07, 6.45) is 0.336. The van der Waals surface area contributed by atoms with Crippen LogP contribution in [0.3, 0.4) is 0 Å². The van der Waals surface area contributed by atoms with Gasteiger partial charge >= 0.3 is 5.97 Å². The molecule has 0 fully saturated rings. The number of amides is 1. The number of primary amides is 1. The van der Waals surface area contributed by atoms with Crippen LogP contribution in [0.25, 0.3) is 0 Å². The third-order valence-corrected chi connectivity index (χ3v) is 3.80. The molecule has 1 amide bonds. The molecule has 7 nitrogen and oxygen atoms in total. The van der Waals surface area contributed by atoms with E-state index in [1.165, 1.54) is 0 Å². The molecule has 126 valence electrons. The number of carboxylic acids is 1. The number of carbonyl (C=O) groups is 2. The number of carbonyl (C=O) groups excluding carboxylic acids is 1. The quantitative estimate of drug-likeness (QED) is 0.719. The molecule has 0 saturated heterocycles. The first-order chi connectivity index (χ1) is 11.3. The summed E-state index contributed by atoms with van der Waals surface area (Å²) in [5.41, 5.74) is 6.96. The predicted molar refractivity (Wildman–Crippen MR) is 90.7 cm³/mol. The molecule has 1 aromatic carbocycles. The summed E-state index contributed by atoms with van der Waals surface area (Å²) >= 11 is 12.1. The van der Waals surface area contributed by atoms with Gasteiger partial charge < -0.3 is 16.2 Å². The van der Waals surface area contributed by atoms with E-state index in [-0.39, 0.29) is 18.2 Å². The number of hydrogen-bond acceptors (Lipinski definition) is 5. The van der Waals surface area contributed by atoms with Gasteiger partial charge in [0.25, 0.3) is 0 Å². The van der Waals surface area contributed by atoms with E-state index in [4.69, 9.17) is 34.0 Å². The van der Waals surface area contributed by atoms with Gasteiger partial charge in [0.05, 0.1) is 6.54 Å². The second kappa shape index (κ2) is 7.46. The fourth-order valence-corrected chi connectivity index (χ4v) is 2.55. The highest BCUT2D eigenvalue weighted by molar-refractivity contribution is 6.35. The Kier molecular flexibility index (Phi) is 5.58. The summed E-state index contributed by atoms with van der Waals surface area (Å²) < 4.78 is 0. The number of benzene rings is 1. The normalized spacial score (nSPS) is 10.5. The number of hydrogen-bond donors (Lipinski definition) is 3. The summed E-state index contributed by atoms with van der Waals surface area (Å²) in [5.74, 6) is -2.01. The van der Waals surface area contributed by atoms with Crippen LogP contribution in [0.5, 0.6) is 0 Å². The maximum atomic E-state index is 11.1. The molecule has 0 bridgehead atoms. The van der Waals surface area contributed by atoms with Gasteiger partial charge in [-0.1, -0.05) is 29.3 Å². The summed E-state index contributed by atoms with van der Waals surface area (Å²) in [6, 6.07) is 5.06. The van der Waals surface area contributed by atoms with E-state index >= 15 is 0 Å². The lowest BCUT2D eigenvalue weighted by Gasteiger charge is -2.14. The number of aromatic nitrogens is 2. The van der Waals surface area contributed by atoms with Gasteiger partial charge in [-0.2, -0.15) is 0 Å². The van der Waals surface area contributed by atoms with Gasteiger partial charge in [0, 0.05) is 27.7 Å². The molecular weight excluding hydrogens is 355 g/mol. The zero-order valence-electron chi connectivity index (χ0n) is 12.6. The molecule has 4 N–H and O–H groups in total. The van der Waals surface area contributed by atoms with Gasteiger partial charge in [-0.15, -0.1) is 0 Å². The zero-order valence-corrected chi connectivity index (χ0v) is 14.1. The van der Waals surface area contributed by atoms with Crippen LogP contribution >= 0.6 is 23.2 Å². The van der Waals surface area contributed by atoms with Crippen molar-refractivity contribution in [1.29, 1.82) is 0 Å². The fraction of sp³-hybridized carbons (Fsp3) is 0.200. The standard InChI is InChI=1S/C15H14Cl2N4O3/c1-7-10(4-8-2-3-9(16)5-11(8)17)13(19-6-12(18)22)21-14(20-7)15(23)24/h2-3,5H,4,6H2,1H3,(H2,18,22)(H,23,24)(H,19,20,21). The highest BCUT2D eigenvalue weighted by atomic mass is 35.5. The SMILES string of the molecule is Cc1nc(C(=O)O)nc(NCC(N)=O)c1Cc1ccc(Cl)cc1Cl. The van der Waals surface area contributed by atoms with Gasteiger partial charge in [-0.25, -0.2) is 14.8 Å². The minimum absolute atomic E-state index is 0.184. The second-order valence-corrected chi connectivity index (χ2v) is 5.84. The lowest BCUT2D eigenvalue weighted by molar-refractivity contribution is -0.116. The lowest BCUT2D eigenvalue weighted by Crippen LogP contribution is -2.24. The number of halogens is 2. The number of aromatic carboxylic acids is 1. The molecule has 1 aromatic heterocycles. The summed E-state index contributed by atoms with van der Waals surface area (Å²) in [5, 5.41) is 12.8. The van der Waals surface area contributed by atoms with Gasteiger partial charge in [0.2, 0.25) is 11.7 Å². The monoisotopic (exact) mass is 368 g/mol. The Balaban J connectivity index is 2.46. The van der Waals surface area contributed by atoms with Crippen molar-refractivity contribution < 1.29 is 14.7 Å². The maximum absolute atomic E-state index is 11.1. The largest absolute Gasteiger partial charge is 0.475 e. The van der Waals surface area contributed by atoms with Crippen molar-refractivity contribution in [2.24, 2.45) is 5.73 Å². The summed E-state index contributed by atoms with van der Waals surface area (Å²) in [4.78, 5) is 30.0. The first kappa shape index (κ1) is 18.0. The Morgan fingerprint density at radius 2 is 2.00 bits per heavy atom. The molecule has 24 heavy (non-hydrogen) atoms. The van der Waals surface area contributed by atoms with Crippen LogP contribution in [0.4, 0.5) is 5.82 Å². The molecule has 0 unspecified atom stereocenters. The number of nitrogens with zero attached hydrogens (tertiary/aromatic N) is 2. The fourth-order valence-electron chi connectivity index (χ4n) is 2.08. The van der Waals surface area contributed by atoms with E-state index in [1.807, 2.05) is 0 Å². The van der Waals surface area contributed by atoms with Crippen LogP contribution in [0.1, 0.15) is 27.4 Å². The average Bonchev–Trinajstić information content (AvgIpc) is 2.49. The number of nitrogens with one attached hydrogen (secondary N) is 1. The third kappa shape index (κ3) is 4.33. The highest BCUT2D eigenvalue weighted by Crippen LogP contribution is 2.27. The topological polar surface area (TPSA) is 118 Å². The van der Waals surface area contributed by atoms with E-state index in [1.54, 1.807) is 25.1 Å². The van der Waals surface area contributed by atoms with E-state index in [9.17, 15) is 9.59 Å². The van der Waals surface area contributed by atoms with Crippen LogP contribution in [-0.2, 0) is 11.2 Å². The van der Waals surface area contributed by atoms with Crippen LogP contribution < -0.4 is 11.1 Å². The van der Waals surface area contributed by atoms with Crippen molar-refractivity contribution in [2.45, 2.75) is 13.3 Å². The zero-order chi connectivity index (χ0) is 17.9. The number of aryl methyl sites for hydroxylation is 1. The Hall–Kier alpha value is -2.38. The number of anilines is 1. The number of rotatable bonds is 6. The van der Waals surface area contributed by atoms with Crippen molar-refractivity contribution >= 4 is 40.9 Å². The summed E-state index contributed by atoms with van der Waals surface area (Å²) in [7, 11) is 0. The van der Waals surface area contributed by atoms with Gasteiger partial charge in [0.15, 0.2) is 0 Å². The van der Waals surface area contributed by atoms with Crippen LogP contribution in [0, 0.1) is 6.92 Å². The van der Waals surface area contributed by atoms with Crippen molar-refractivity contribution in [3.63, 3.8) is 0 Å². The summed E-state index contributed by atoms with van der Waals surface area (Å²) in [6.45, 7) is 1.47. The second-order valence-electron chi connectivity index (χ2n) is 5.00. The van der Waals surface area contributed by atoms with Crippen molar-refractivity contribution in [2.75, 3.05) is 11.9 Å². The molecule has 2 rings (SSSR count). The predicted octanol–water partition coefficient (Wildman–Crippen LogP) is 2.28. The molecule has 2 aromatic rings. The van der Waals surface area contributed by atoms with E-state index in [0.717, 1.165) is 5.56 Å². The molecule has 0 atom stereocenters. The smallest absolute Gasteiger partial charge is 0.374 e. The van der Waals surface area contributed by atoms with E-state index in [0.29, 0.717) is 27.7 Å². The van der Waals surface area contributed by atoms with Gasteiger partial charge in [0.1, 0.15) is 5.82 Å². The van der Waals surface area contributed by atoms with E-state index in [2.05, 4.69) is 15.3 Å². The van der Waals surface area contributed by atoms with Crippen molar-refractivity contribution in [1.82, 2.24) is 9.97 Å². The average molecular weight is 369 g/mol. The molecule has 9 heteroatoms. The molecule has 1 heterocycles. The number of nitrogens with two attached hydrogens (primary N) is 1. The first-order valence-corrected chi connectivity index (χ1v) is 7.60. The van der Waals surface area contributed by atoms with Crippen molar-refractivity contribution in [3.8, 4) is 0 Å². The Labute approximate surface area is 147 Å². The molecule has 0 radical (unpaired) electrons. The minimum Gasteiger partial charge on any atom is -0.475 e. The molecule has 0 saturated carbocycles. The van der Waals surface area contributed by atoms with Gasteiger partial charge in [-0.05, 0) is 24.6 Å². The van der Waals surface area contributed by atoms with Crippen LogP contribution in [-0.4, -0.2) is 33.5 Å². The Bertz CT molecular complexity index is 812. The molecule has 0 aliphatic carbocycles. The van der Waals surface area contributed by atoms with E-state index < -0.39 is 11.9 Å². The Morgan fingerprint density at radius 1 is 1.29 bits per heavy atom. The molecule has 0 aliphatic heterocycles. The number of carboxylic acid groups (broad SMARTS) is 1. The lowest BCUT2D eigenvalue weighted by atomic mass is 10.0. The Morgan fingerprint density at radius 3 is 2.58 bits per heavy atom. The van der Waals surface area contributed by atoms with Crippen molar-refractivity contribution in [3.05, 3.63) is 50.9 Å². The molecule has 0 aliphatic rings.